The first-order valence-corrected chi connectivity index (χ1v) is 42.7. The highest BCUT2D eigenvalue weighted by Gasteiger charge is 2.45. The summed E-state index contributed by atoms with van der Waals surface area (Å²) in [5.41, 5.74) is 40.2. The summed E-state index contributed by atoms with van der Waals surface area (Å²) in [4.78, 5) is 20.0. The van der Waals surface area contributed by atoms with E-state index in [9.17, 15) is 0 Å². The first kappa shape index (κ1) is 75.6. The molecule has 4 aliphatic carbocycles. The van der Waals surface area contributed by atoms with Crippen molar-refractivity contribution in [2.75, 3.05) is 0 Å². The maximum atomic E-state index is 6.56. The molecule has 12 heteroatoms. The van der Waals surface area contributed by atoms with Crippen molar-refractivity contribution in [3.05, 3.63) is 335 Å². The summed E-state index contributed by atoms with van der Waals surface area (Å²) >= 11 is 0. The molecular weight excluding hydrogens is 1500 g/mol. The lowest BCUT2D eigenvalue weighted by molar-refractivity contribution is -0.660. The van der Waals surface area contributed by atoms with Gasteiger partial charge in [0, 0.05) is 142 Å². The minimum atomic E-state index is -0.135. The summed E-state index contributed by atoms with van der Waals surface area (Å²) in [6.07, 6.45) is 12.2. The second-order valence-electron chi connectivity index (χ2n) is 35.5. The molecule has 122 heavy (non-hydrogen) atoms. The molecule has 4 aliphatic rings. The first-order chi connectivity index (χ1) is 59.0. The van der Waals surface area contributed by atoms with Gasteiger partial charge in [-0.2, -0.15) is 0 Å². The fourth-order valence-electron chi connectivity index (χ4n) is 20.9. The van der Waals surface area contributed by atoms with Gasteiger partial charge in [0.2, 0.25) is 39.9 Å². The summed E-state index contributed by atoms with van der Waals surface area (Å²) in [5, 5.41) is 8.95. The van der Waals surface area contributed by atoms with E-state index in [1.54, 1.807) is 0 Å². The van der Waals surface area contributed by atoms with E-state index in [4.69, 9.17) is 37.6 Å². The van der Waals surface area contributed by atoms with Crippen LogP contribution in [0.3, 0.4) is 0 Å². The summed E-state index contributed by atoms with van der Waals surface area (Å²) in [6, 6.07) is 84.3. The fourth-order valence-corrected chi connectivity index (χ4v) is 20.9. The van der Waals surface area contributed by atoms with Crippen LogP contribution in [0.25, 0.3) is 178 Å². The number of hydrogen-bond acceptors (Lipinski definition) is 8. The van der Waals surface area contributed by atoms with Gasteiger partial charge in [-0.15, -0.1) is 0 Å². The van der Waals surface area contributed by atoms with Crippen molar-refractivity contribution in [3.63, 3.8) is 0 Å². The van der Waals surface area contributed by atoms with Crippen molar-refractivity contribution < 1.29 is 35.9 Å². The Kier molecular flexibility index (Phi) is 17.3. The number of aromatic nitrogens is 8. The highest BCUT2D eigenvalue weighted by atomic mass is 16.4. The number of nitrogens with zero attached hydrogens (tertiary/aromatic N) is 8. The van der Waals surface area contributed by atoms with Gasteiger partial charge in [-0.3, -0.25) is 4.98 Å². The molecule has 0 spiro atoms. The van der Waals surface area contributed by atoms with Gasteiger partial charge < -0.3 is 17.7 Å². The molecule has 596 valence electrons. The van der Waals surface area contributed by atoms with Crippen LogP contribution in [0.4, 0.5) is 0 Å². The van der Waals surface area contributed by atoms with E-state index in [1.165, 1.54) is 94.7 Å². The number of fused-ring (bicyclic) bond motifs is 24. The minimum absolute atomic E-state index is 0.0519. The van der Waals surface area contributed by atoms with Crippen LogP contribution in [0.2, 0.25) is 0 Å². The van der Waals surface area contributed by atoms with E-state index in [1.807, 2.05) is 24.4 Å². The van der Waals surface area contributed by atoms with E-state index >= 15 is 0 Å². The third kappa shape index (κ3) is 11.2. The molecule has 0 saturated carbocycles. The van der Waals surface area contributed by atoms with Crippen molar-refractivity contribution >= 4 is 88.1 Å². The zero-order valence-electron chi connectivity index (χ0n) is 72.0. The van der Waals surface area contributed by atoms with Crippen LogP contribution >= 0.6 is 0 Å². The van der Waals surface area contributed by atoms with Crippen LogP contribution < -0.4 is 18.3 Å². The number of furan rings is 4. The molecule has 0 N–H and O–H groups in total. The van der Waals surface area contributed by atoms with Gasteiger partial charge in [0.1, 0.15) is 39.4 Å². The van der Waals surface area contributed by atoms with Gasteiger partial charge in [0.25, 0.3) is 0 Å². The van der Waals surface area contributed by atoms with Crippen LogP contribution in [0.15, 0.2) is 285 Å². The lowest BCUT2D eigenvalue weighted by atomic mass is 9.76. The summed E-state index contributed by atoms with van der Waals surface area (Å²) in [6.45, 7) is 26.7. The van der Waals surface area contributed by atoms with Crippen LogP contribution in [0.5, 0.6) is 0 Å². The molecule has 0 radical (unpaired) electrons. The molecule has 24 rings (SSSR count). The largest absolute Gasteiger partial charge is 0.455 e. The van der Waals surface area contributed by atoms with Gasteiger partial charge in [-0.05, 0) is 168 Å². The highest BCUT2D eigenvalue weighted by molar-refractivity contribution is 6.15. The molecule has 12 heterocycles. The first-order valence-electron chi connectivity index (χ1n) is 42.7. The zero-order valence-corrected chi connectivity index (χ0v) is 72.0. The monoisotopic (exact) mass is 1590 g/mol. The molecule has 0 aliphatic heterocycles. The Balaban J connectivity index is 0.000000100. The molecule has 0 unspecified atom stereocenters. The van der Waals surface area contributed by atoms with Crippen LogP contribution in [-0.2, 0) is 49.9 Å². The molecule has 0 amide bonds. The molecular formula is C110H96N8O4+4. The number of aryl methyl sites for hydroxylation is 8. The lowest BCUT2D eigenvalue weighted by Crippen LogP contribution is -2.30. The fraction of sp³-hybridized carbons (Fsp3) is 0.200. The molecule has 0 saturated heterocycles. The number of hydrogen-bond donors (Lipinski definition) is 0. The normalized spacial score (nSPS) is 14.2. The molecule has 0 atom stereocenters. The van der Waals surface area contributed by atoms with E-state index in [-0.39, 0.29) is 21.7 Å². The topological polar surface area (TPSA) is 120 Å². The summed E-state index contributed by atoms with van der Waals surface area (Å²) in [5.74, 6) is 0. The van der Waals surface area contributed by atoms with Crippen LogP contribution in [0, 0.1) is 27.7 Å². The van der Waals surface area contributed by atoms with Gasteiger partial charge >= 0.3 is 0 Å². The maximum absolute atomic E-state index is 6.56. The summed E-state index contributed by atoms with van der Waals surface area (Å²) < 4.78 is 34.6. The average Bonchev–Trinajstić information content (AvgIpc) is 1.57. The molecule has 12 nitrogen and oxygen atoms in total. The minimum Gasteiger partial charge on any atom is -0.455 e. The quantitative estimate of drug-likeness (QED) is 0.151. The summed E-state index contributed by atoms with van der Waals surface area (Å²) in [7, 11) is 8.30. The van der Waals surface area contributed by atoms with Crippen molar-refractivity contribution in [2.45, 2.75) is 118 Å². The molecule has 8 aromatic carbocycles. The second kappa shape index (κ2) is 27.9. The van der Waals surface area contributed by atoms with Crippen molar-refractivity contribution in [3.8, 4) is 89.7 Å². The number of benzene rings is 8. The molecule has 0 bridgehead atoms. The van der Waals surface area contributed by atoms with E-state index in [0.717, 1.165) is 157 Å². The number of rotatable bonds is 6. The molecule has 20 aromatic rings. The van der Waals surface area contributed by atoms with Crippen LogP contribution in [0.1, 0.15) is 135 Å². The lowest BCUT2D eigenvalue weighted by Gasteiger charge is -2.28. The number of pyridine rings is 8. The Labute approximate surface area is 709 Å². The Morgan fingerprint density at radius 3 is 1.13 bits per heavy atom. The maximum Gasteiger partial charge on any atom is 0.227 e. The van der Waals surface area contributed by atoms with Gasteiger partial charge in [-0.1, -0.05) is 183 Å². The van der Waals surface area contributed by atoms with Gasteiger partial charge in [-0.25, -0.2) is 33.2 Å². The SMILES string of the molecule is CCC1(CC)c2ccccc2-c2cc3c(nc21)oc1c(-c2cccc[n+]2C)c(C)ccc13.Cc1ccc2c(oc3cc4c(cc32)-c2cccnc2C4(C)C)c1-c1cccc[n+]1C.Cc1ccc2c(oc3nc4c(cc32)-c2ccccc2C4(C)C)c1-c1cccc[n+]1C.Cc1ccc2c(oc3nc4c(cc32)C(C)(C)c2ccccc2-4)c1-c1cccc[n+]1C. The van der Waals surface area contributed by atoms with Crippen molar-refractivity contribution in [1.29, 1.82) is 0 Å². The van der Waals surface area contributed by atoms with Crippen molar-refractivity contribution in [2.24, 2.45) is 28.2 Å². The smallest absolute Gasteiger partial charge is 0.227 e. The predicted molar refractivity (Wildman–Crippen MR) is 491 cm³/mol. The van der Waals surface area contributed by atoms with Crippen molar-refractivity contribution in [1.82, 2.24) is 19.9 Å². The van der Waals surface area contributed by atoms with Gasteiger partial charge in [0.15, 0.2) is 41.5 Å². The zero-order chi connectivity index (χ0) is 83.9. The van der Waals surface area contributed by atoms with Gasteiger partial charge in [0.05, 0.1) is 45.0 Å². The molecule has 12 aromatic heterocycles. The Bertz CT molecular complexity index is 7520. The second-order valence-corrected chi connectivity index (χ2v) is 35.5. The van der Waals surface area contributed by atoms with Crippen LogP contribution in [-0.4, -0.2) is 19.9 Å². The third-order valence-corrected chi connectivity index (χ3v) is 27.5. The van der Waals surface area contributed by atoms with E-state index in [0.29, 0.717) is 5.71 Å². The Morgan fingerprint density at radius 1 is 0.287 bits per heavy atom. The van der Waals surface area contributed by atoms with E-state index in [2.05, 4.69) is 373 Å². The average molecular weight is 1590 g/mol. The third-order valence-electron chi connectivity index (χ3n) is 27.5. The Morgan fingerprint density at radius 2 is 0.656 bits per heavy atom. The Hall–Kier alpha value is -13.8. The highest BCUT2D eigenvalue weighted by Crippen LogP contribution is 2.57. The molecule has 0 fully saturated rings. The predicted octanol–water partition coefficient (Wildman–Crippen LogP) is 25.1. The van der Waals surface area contributed by atoms with E-state index < -0.39 is 0 Å². The standard InChI is InChI=1S/C29H27N2O.3C27H23N2O/c1-5-29(6-2)23-12-8-7-11-19(23)21-17-22-20-15-14-18(3)25(24-13-9-10-16-31(24)4)26(20)32-28(22)30-27(21)29;1-16-10-11-17-20-14-19-18-8-7-12-28-26(18)27(2,3)21(19)15-23(20)30-25(17)24(16)22-9-5-6-13-29(22)4;1-16-12-13-17-19-15-21-24(18-9-5-6-10-20(18)27(21,2)3)28-26(19)30-25(17)23(16)22-11-7-8-14-29(22)4;1-16-12-13-18-20-15-19-17-9-5-6-10-21(17)27(2,3)25(19)28-26(20)30-24(18)23(16)22-11-7-8-14-29(22)4/h7-17H,5-6H2,1-4H3;3*5-15H,1-4H3/q4*+1.